The Bertz CT molecular complexity index is 223. The zero-order valence-corrected chi connectivity index (χ0v) is 10.2. The van der Waals surface area contributed by atoms with E-state index in [1.54, 1.807) is 7.05 Å². The van der Waals surface area contributed by atoms with Gasteiger partial charge in [0, 0.05) is 25.7 Å². The van der Waals surface area contributed by atoms with E-state index in [1.165, 1.54) is 0 Å². The van der Waals surface area contributed by atoms with Crippen molar-refractivity contribution in [2.75, 3.05) is 33.4 Å². The maximum Gasteiger partial charge on any atom is 0.226 e. The van der Waals surface area contributed by atoms with Crippen LogP contribution in [-0.2, 0) is 9.53 Å². The lowest BCUT2D eigenvalue weighted by Crippen LogP contribution is -2.47. The van der Waals surface area contributed by atoms with Crippen molar-refractivity contribution in [2.24, 2.45) is 5.92 Å². The lowest BCUT2D eigenvalue weighted by Gasteiger charge is -2.35. The summed E-state index contributed by atoms with van der Waals surface area (Å²) in [4.78, 5) is 13.9. The number of ether oxygens (including phenoxy) is 1. The van der Waals surface area contributed by atoms with Crippen molar-refractivity contribution in [1.82, 2.24) is 10.2 Å². The number of amides is 1. The lowest BCUT2D eigenvalue weighted by atomic mass is 10.0. The molecule has 0 aromatic rings. The Morgan fingerprint density at radius 2 is 2.13 bits per heavy atom. The van der Waals surface area contributed by atoms with E-state index in [1.807, 2.05) is 0 Å². The molecule has 1 atom stereocenters. The fraction of sp³-hybridized carbons (Fsp3) is 0.909. The third-order valence-electron chi connectivity index (χ3n) is 2.83. The van der Waals surface area contributed by atoms with Crippen molar-refractivity contribution in [3.63, 3.8) is 0 Å². The van der Waals surface area contributed by atoms with Gasteiger partial charge in [0.2, 0.25) is 5.91 Å². The average Bonchev–Trinajstić information content (AvgIpc) is 2.40. The largest absolute Gasteiger partial charge is 0.379 e. The molecule has 4 heteroatoms. The van der Waals surface area contributed by atoms with E-state index in [2.05, 4.69) is 31.0 Å². The summed E-state index contributed by atoms with van der Waals surface area (Å²) in [5.74, 6) is 0.0304. The van der Waals surface area contributed by atoms with Crippen molar-refractivity contribution in [2.45, 2.75) is 26.3 Å². The van der Waals surface area contributed by atoms with E-state index < -0.39 is 0 Å². The minimum Gasteiger partial charge on any atom is -0.379 e. The molecule has 0 spiro atoms. The summed E-state index contributed by atoms with van der Waals surface area (Å²) in [6.45, 7) is 9.43. The van der Waals surface area contributed by atoms with Crippen molar-refractivity contribution in [3.8, 4) is 0 Å². The van der Waals surface area contributed by atoms with Gasteiger partial charge in [-0.05, 0) is 20.8 Å². The average molecular weight is 214 g/mol. The molecular weight excluding hydrogens is 192 g/mol. The summed E-state index contributed by atoms with van der Waals surface area (Å²) in [5, 5.41) is 2.69. The van der Waals surface area contributed by atoms with Gasteiger partial charge in [-0.25, -0.2) is 0 Å². The minimum atomic E-state index is -0.0447. The van der Waals surface area contributed by atoms with Gasteiger partial charge in [0.1, 0.15) is 0 Å². The molecule has 1 saturated heterocycles. The molecule has 4 nitrogen and oxygen atoms in total. The van der Waals surface area contributed by atoms with Crippen LogP contribution >= 0.6 is 0 Å². The Morgan fingerprint density at radius 3 is 2.67 bits per heavy atom. The van der Waals surface area contributed by atoms with Gasteiger partial charge in [0.25, 0.3) is 0 Å². The first-order chi connectivity index (χ1) is 6.95. The van der Waals surface area contributed by atoms with Crippen LogP contribution in [0.25, 0.3) is 0 Å². The van der Waals surface area contributed by atoms with E-state index in [0.29, 0.717) is 13.2 Å². The summed E-state index contributed by atoms with van der Waals surface area (Å²) in [7, 11) is 1.68. The number of hydrogen-bond acceptors (Lipinski definition) is 3. The SMILES string of the molecule is CNC(=O)[C@H]1COCCN(C(C)(C)C)C1. The molecule has 0 aliphatic carbocycles. The molecule has 1 fully saturated rings. The van der Waals surface area contributed by atoms with Crippen LogP contribution < -0.4 is 5.32 Å². The van der Waals surface area contributed by atoms with E-state index in [4.69, 9.17) is 4.74 Å². The number of nitrogens with one attached hydrogen (secondary N) is 1. The normalized spacial score (nSPS) is 24.7. The molecule has 15 heavy (non-hydrogen) atoms. The third-order valence-corrected chi connectivity index (χ3v) is 2.83. The molecule has 0 aromatic carbocycles. The molecule has 0 saturated carbocycles. The summed E-state index contributed by atoms with van der Waals surface area (Å²) in [5.41, 5.74) is 0.0972. The zero-order valence-electron chi connectivity index (χ0n) is 10.2. The number of rotatable bonds is 1. The highest BCUT2D eigenvalue weighted by Crippen LogP contribution is 2.17. The maximum atomic E-state index is 11.6. The second-order valence-corrected chi connectivity index (χ2v) is 5.00. The first-order valence-corrected chi connectivity index (χ1v) is 5.49. The third kappa shape index (κ3) is 3.47. The number of hydrogen-bond donors (Lipinski definition) is 1. The van der Waals surface area contributed by atoms with Crippen molar-refractivity contribution >= 4 is 5.91 Å². The van der Waals surface area contributed by atoms with Crippen molar-refractivity contribution in [3.05, 3.63) is 0 Å². The topological polar surface area (TPSA) is 41.6 Å². The fourth-order valence-corrected chi connectivity index (χ4v) is 1.78. The fourth-order valence-electron chi connectivity index (χ4n) is 1.78. The number of nitrogens with zero attached hydrogens (tertiary/aromatic N) is 1. The molecular formula is C11H22N2O2. The van der Waals surface area contributed by atoms with Crippen LogP contribution in [0, 0.1) is 5.92 Å². The van der Waals surface area contributed by atoms with Crippen molar-refractivity contribution in [1.29, 1.82) is 0 Å². The molecule has 0 aromatic heterocycles. The zero-order chi connectivity index (χ0) is 11.5. The predicted octanol–water partition coefficient (Wildman–Crippen LogP) is 0.479. The van der Waals surface area contributed by atoms with Gasteiger partial charge in [-0.1, -0.05) is 0 Å². The second-order valence-electron chi connectivity index (χ2n) is 5.00. The Kier molecular flexibility index (Phi) is 4.11. The Labute approximate surface area is 92.0 Å². The highest BCUT2D eigenvalue weighted by Gasteiger charge is 2.29. The van der Waals surface area contributed by atoms with Gasteiger partial charge in [-0.15, -0.1) is 0 Å². The summed E-state index contributed by atoms with van der Waals surface area (Å²) < 4.78 is 5.45. The van der Waals surface area contributed by atoms with Gasteiger partial charge in [0.15, 0.2) is 0 Å². The summed E-state index contributed by atoms with van der Waals surface area (Å²) in [6, 6.07) is 0. The highest BCUT2D eigenvalue weighted by molar-refractivity contribution is 5.78. The standard InChI is InChI=1S/C11H22N2O2/c1-11(2,3)13-5-6-15-8-9(7-13)10(14)12-4/h9H,5-8H2,1-4H3,(H,12,14)/t9-/m1/s1. The molecule has 0 bridgehead atoms. The van der Waals surface area contributed by atoms with Crippen LogP contribution in [-0.4, -0.2) is 49.7 Å². The monoisotopic (exact) mass is 214 g/mol. The predicted molar refractivity (Wildman–Crippen MR) is 59.7 cm³/mol. The first-order valence-electron chi connectivity index (χ1n) is 5.49. The molecule has 0 unspecified atom stereocenters. The second kappa shape index (κ2) is 4.94. The Balaban J connectivity index is 2.65. The van der Waals surface area contributed by atoms with Gasteiger partial charge < -0.3 is 10.1 Å². The molecule has 1 rings (SSSR count). The van der Waals surface area contributed by atoms with E-state index in [-0.39, 0.29) is 17.4 Å². The van der Waals surface area contributed by atoms with E-state index >= 15 is 0 Å². The van der Waals surface area contributed by atoms with Gasteiger partial charge >= 0.3 is 0 Å². The van der Waals surface area contributed by atoms with Crippen molar-refractivity contribution < 1.29 is 9.53 Å². The first kappa shape index (κ1) is 12.5. The highest BCUT2D eigenvalue weighted by atomic mass is 16.5. The number of carbonyl (C=O) groups excluding carboxylic acids is 1. The van der Waals surface area contributed by atoms with Crippen LogP contribution in [0.4, 0.5) is 0 Å². The summed E-state index contributed by atoms with van der Waals surface area (Å²) in [6.07, 6.45) is 0. The Hall–Kier alpha value is -0.610. The quantitative estimate of drug-likeness (QED) is 0.690. The molecule has 1 amide bonds. The minimum absolute atomic E-state index is 0.0447. The van der Waals surface area contributed by atoms with Crippen LogP contribution in [0.15, 0.2) is 0 Å². The molecule has 1 aliphatic rings. The molecule has 0 radical (unpaired) electrons. The van der Waals surface area contributed by atoms with Crippen LogP contribution in [0.5, 0.6) is 0 Å². The molecule has 1 heterocycles. The van der Waals surface area contributed by atoms with Crippen LogP contribution in [0.3, 0.4) is 0 Å². The summed E-state index contributed by atoms with van der Waals surface area (Å²) >= 11 is 0. The van der Waals surface area contributed by atoms with Crippen LogP contribution in [0.1, 0.15) is 20.8 Å². The van der Waals surface area contributed by atoms with E-state index in [9.17, 15) is 4.79 Å². The van der Waals surface area contributed by atoms with Gasteiger partial charge in [0.05, 0.1) is 19.1 Å². The maximum absolute atomic E-state index is 11.6. The molecule has 1 aliphatic heterocycles. The Morgan fingerprint density at radius 1 is 1.47 bits per heavy atom. The molecule has 1 N–H and O–H groups in total. The van der Waals surface area contributed by atoms with E-state index in [0.717, 1.165) is 13.1 Å². The van der Waals surface area contributed by atoms with Crippen LogP contribution in [0.2, 0.25) is 0 Å². The number of carbonyl (C=O) groups is 1. The van der Waals surface area contributed by atoms with Gasteiger partial charge in [-0.3, -0.25) is 9.69 Å². The molecule has 88 valence electrons. The smallest absolute Gasteiger partial charge is 0.226 e. The lowest BCUT2D eigenvalue weighted by molar-refractivity contribution is -0.126. The van der Waals surface area contributed by atoms with Gasteiger partial charge in [-0.2, -0.15) is 0 Å².